The molecule has 7 rings (SSSR count). The highest BCUT2D eigenvalue weighted by Gasteiger charge is 2.95. The summed E-state index contributed by atoms with van der Waals surface area (Å²) in [5.41, 5.74) is -1.11. The first-order valence-corrected chi connectivity index (χ1v) is 14.6. The normalized spacial score (nSPS) is 28.0. The number of nitrogens with one attached hydrogen (secondary N) is 1. The zero-order valence-electron chi connectivity index (χ0n) is 24.5. The molecule has 3 aromatic rings. The molecule has 4 aliphatic heterocycles. The summed E-state index contributed by atoms with van der Waals surface area (Å²) in [6, 6.07) is 10.0. The third-order valence-corrected chi connectivity index (χ3v) is 10.1. The molecule has 2 bridgehead atoms. The van der Waals surface area contributed by atoms with Gasteiger partial charge in [0.05, 0.1) is 19.2 Å². The van der Waals surface area contributed by atoms with E-state index in [1.54, 1.807) is 9.47 Å². The van der Waals surface area contributed by atoms with Crippen LogP contribution in [0.2, 0.25) is 0 Å². The van der Waals surface area contributed by atoms with Crippen LogP contribution >= 0.6 is 0 Å². The number of aromatic nitrogens is 1. The topological polar surface area (TPSA) is 93.0 Å². The minimum absolute atomic E-state index is 0.0372. The lowest BCUT2D eigenvalue weighted by atomic mass is 9.88. The standard InChI is InChI=1S/C32H30F3N5O4/c1-18-13-31-10-9-19(2)38-17-32(31,40(31,3)37-18)39-15-23(29(42)36-14-22-24(34)11-21(33)12-25(22)35)27(41)28(26(39)30(38)43)44-16-20-7-5-4-6-8-20/h4-8,11-12,15,19H,9-10,13-14,16-17H2,1-3H3/p+1. The molecule has 4 unspecified atom stereocenters. The van der Waals surface area contributed by atoms with Crippen molar-refractivity contribution in [3.05, 3.63) is 98.7 Å². The van der Waals surface area contributed by atoms with Crippen molar-refractivity contribution in [1.82, 2.24) is 14.8 Å². The number of likely N-dealkylation sites (N-methyl/N-ethyl adjacent to an activating group) is 1. The van der Waals surface area contributed by atoms with E-state index in [1.807, 2.05) is 51.2 Å². The van der Waals surface area contributed by atoms with Gasteiger partial charge in [-0.15, -0.1) is 0 Å². The zero-order valence-corrected chi connectivity index (χ0v) is 24.5. The summed E-state index contributed by atoms with van der Waals surface area (Å²) >= 11 is 0. The molecule has 4 aliphatic rings. The third kappa shape index (κ3) is 3.63. The van der Waals surface area contributed by atoms with E-state index < -0.39 is 52.1 Å². The summed E-state index contributed by atoms with van der Waals surface area (Å²) in [5, 5.41) is 7.42. The van der Waals surface area contributed by atoms with Gasteiger partial charge in [-0.25, -0.2) is 13.2 Å². The molecule has 5 heterocycles. The van der Waals surface area contributed by atoms with Crippen LogP contribution in [0.1, 0.15) is 65.1 Å². The smallest absolute Gasteiger partial charge is 0.279 e. The summed E-state index contributed by atoms with van der Waals surface area (Å²) in [6.07, 6.45) is 3.57. The van der Waals surface area contributed by atoms with Gasteiger partial charge in [0.15, 0.2) is 11.4 Å². The summed E-state index contributed by atoms with van der Waals surface area (Å²) in [5.74, 6) is -4.98. The summed E-state index contributed by atoms with van der Waals surface area (Å²) in [6.45, 7) is 3.64. The second kappa shape index (κ2) is 9.52. The Bertz CT molecular complexity index is 1820. The van der Waals surface area contributed by atoms with Crippen LogP contribution in [-0.2, 0) is 18.8 Å². The van der Waals surface area contributed by atoms with Crippen LogP contribution in [-0.4, -0.2) is 56.8 Å². The largest absolute Gasteiger partial charge is 0.483 e. The zero-order chi connectivity index (χ0) is 31.2. The van der Waals surface area contributed by atoms with Gasteiger partial charge in [-0.1, -0.05) is 35.4 Å². The van der Waals surface area contributed by atoms with E-state index in [0.717, 1.165) is 24.1 Å². The van der Waals surface area contributed by atoms with Crippen molar-refractivity contribution in [2.45, 2.75) is 63.5 Å². The molecular formula is C32H31F3N5O4+. The predicted octanol–water partition coefficient (Wildman–Crippen LogP) is 4.04. The molecule has 228 valence electrons. The Morgan fingerprint density at radius 2 is 1.86 bits per heavy atom. The SMILES string of the molecule is CC1=N[N+]2(C)C3(CCC(C)N4CC32n2cc(C(=O)NCc3c(F)cc(F)cc3F)c(=O)c(OCc3ccccc3)c2C4=O)C1. The number of nitrogens with zero attached hydrogens (tertiary/aromatic N) is 4. The van der Waals surface area contributed by atoms with Gasteiger partial charge in [0, 0.05) is 42.9 Å². The van der Waals surface area contributed by atoms with Gasteiger partial charge in [0.1, 0.15) is 36.2 Å². The number of fused-ring (bicyclic) bond motifs is 2. The minimum Gasteiger partial charge on any atom is -0.483 e. The number of rotatable bonds is 6. The Labute approximate surface area is 251 Å². The lowest BCUT2D eigenvalue weighted by Gasteiger charge is -2.38. The number of carbonyl (C=O) groups is 2. The molecule has 9 nitrogen and oxygen atoms in total. The Balaban J connectivity index is 1.38. The van der Waals surface area contributed by atoms with Crippen molar-refractivity contribution in [1.29, 1.82) is 0 Å². The molecule has 12 heteroatoms. The fraction of sp³-hybridized carbons (Fsp3) is 0.375. The van der Waals surface area contributed by atoms with Crippen molar-refractivity contribution in [2.24, 2.45) is 5.10 Å². The Kier molecular flexibility index (Phi) is 6.13. The summed E-state index contributed by atoms with van der Waals surface area (Å²) in [4.78, 5) is 43.5. The summed E-state index contributed by atoms with van der Waals surface area (Å²) < 4.78 is 50.2. The van der Waals surface area contributed by atoms with Crippen molar-refractivity contribution < 1.29 is 32.1 Å². The van der Waals surface area contributed by atoms with Crippen LogP contribution in [0.3, 0.4) is 0 Å². The molecule has 2 amide bonds. The first-order chi connectivity index (χ1) is 20.9. The number of quaternary nitrogens is 1. The van der Waals surface area contributed by atoms with E-state index in [-0.39, 0.29) is 40.2 Å². The molecule has 0 aliphatic carbocycles. The fourth-order valence-corrected chi connectivity index (χ4v) is 7.91. The highest BCUT2D eigenvalue weighted by molar-refractivity contribution is 6.00. The Morgan fingerprint density at radius 1 is 1.16 bits per heavy atom. The van der Waals surface area contributed by atoms with Crippen molar-refractivity contribution in [3.8, 4) is 5.75 Å². The average Bonchev–Trinajstić information content (AvgIpc) is 3.28. The number of ether oxygens (including phenoxy) is 1. The Morgan fingerprint density at radius 3 is 2.57 bits per heavy atom. The van der Waals surface area contributed by atoms with E-state index in [9.17, 15) is 27.6 Å². The molecule has 44 heavy (non-hydrogen) atoms. The van der Waals surface area contributed by atoms with Gasteiger partial charge in [0.2, 0.25) is 11.0 Å². The monoisotopic (exact) mass is 606 g/mol. The lowest BCUT2D eigenvalue weighted by Crippen LogP contribution is -2.55. The highest BCUT2D eigenvalue weighted by Crippen LogP contribution is 2.72. The van der Waals surface area contributed by atoms with Crippen molar-refractivity contribution in [2.75, 3.05) is 13.6 Å². The third-order valence-electron chi connectivity index (χ3n) is 10.1. The van der Waals surface area contributed by atoms with Crippen LogP contribution in [0.15, 0.2) is 58.6 Å². The van der Waals surface area contributed by atoms with E-state index in [0.29, 0.717) is 25.1 Å². The van der Waals surface area contributed by atoms with Crippen molar-refractivity contribution in [3.63, 3.8) is 0 Å². The number of hydrogen-bond donors (Lipinski definition) is 1. The quantitative estimate of drug-likeness (QED) is 0.339. The Hall–Kier alpha value is -4.45. The second-order valence-electron chi connectivity index (χ2n) is 12.4. The maximum atomic E-state index is 14.3. The first kappa shape index (κ1) is 28.3. The second-order valence-corrected chi connectivity index (χ2v) is 12.4. The predicted molar refractivity (Wildman–Crippen MR) is 153 cm³/mol. The maximum Gasteiger partial charge on any atom is 0.279 e. The number of amides is 2. The van der Waals surface area contributed by atoms with Crippen LogP contribution < -0.4 is 15.5 Å². The van der Waals surface area contributed by atoms with Gasteiger partial charge in [0.25, 0.3) is 17.5 Å². The van der Waals surface area contributed by atoms with E-state index in [1.165, 1.54) is 6.20 Å². The number of pyridine rings is 1. The van der Waals surface area contributed by atoms with Gasteiger partial charge in [-0.2, -0.15) is 4.59 Å². The molecule has 0 radical (unpaired) electrons. The number of benzene rings is 2. The van der Waals surface area contributed by atoms with E-state index in [2.05, 4.69) is 5.32 Å². The molecule has 2 spiro atoms. The van der Waals surface area contributed by atoms with E-state index >= 15 is 0 Å². The van der Waals surface area contributed by atoms with Crippen LogP contribution in [0.5, 0.6) is 5.75 Å². The van der Waals surface area contributed by atoms with Crippen LogP contribution in [0.4, 0.5) is 13.2 Å². The first-order valence-electron chi connectivity index (χ1n) is 14.6. The van der Waals surface area contributed by atoms with Crippen LogP contribution in [0.25, 0.3) is 0 Å². The average molecular weight is 607 g/mol. The molecule has 2 aromatic carbocycles. The van der Waals surface area contributed by atoms with Crippen LogP contribution in [0, 0.1) is 17.5 Å². The molecule has 2 saturated heterocycles. The minimum atomic E-state index is -1.17. The van der Waals surface area contributed by atoms with Gasteiger partial charge >= 0.3 is 0 Å². The fourth-order valence-electron chi connectivity index (χ4n) is 7.91. The maximum absolute atomic E-state index is 14.3. The molecule has 1 N–H and O–H groups in total. The van der Waals surface area contributed by atoms with Gasteiger partial charge in [-0.05, 0) is 25.8 Å². The molecule has 2 fully saturated rings. The van der Waals surface area contributed by atoms with Crippen molar-refractivity contribution >= 4 is 17.5 Å². The molecular weight excluding hydrogens is 575 g/mol. The molecule has 4 atom stereocenters. The van der Waals surface area contributed by atoms with Gasteiger partial charge in [-0.3, -0.25) is 19.0 Å². The molecule has 1 aromatic heterocycles. The lowest BCUT2D eigenvalue weighted by molar-refractivity contribution is -0.848. The van der Waals surface area contributed by atoms with Gasteiger partial charge < -0.3 is 15.0 Å². The number of halogens is 3. The number of carbonyl (C=O) groups excluding carboxylic acids is 2. The number of hydrogen-bond acceptors (Lipinski definition) is 5. The summed E-state index contributed by atoms with van der Waals surface area (Å²) in [7, 11) is 2.01. The molecule has 0 saturated carbocycles. The highest BCUT2D eigenvalue weighted by atomic mass is 19.1. The van der Waals surface area contributed by atoms with E-state index in [4.69, 9.17) is 9.84 Å².